The SMILES string of the molecule is CCNc1nc(C)cc(N2CCCOc3ccccc32)n1. The number of anilines is 3. The molecule has 0 radical (unpaired) electrons. The molecule has 0 spiro atoms. The molecule has 1 aliphatic heterocycles. The highest BCUT2D eigenvalue weighted by Gasteiger charge is 2.19. The van der Waals surface area contributed by atoms with Crippen LogP contribution in [0.2, 0.25) is 0 Å². The normalized spacial score (nSPS) is 14.1. The van der Waals surface area contributed by atoms with E-state index >= 15 is 0 Å². The van der Waals surface area contributed by atoms with Crippen LogP contribution in [0.25, 0.3) is 0 Å². The van der Waals surface area contributed by atoms with Crippen molar-refractivity contribution >= 4 is 17.5 Å². The third kappa shape index (κ3) is 2.91. The molecule has 0 saturated heterocycles. The Morgan fingerprint density at radius 3 is 3.00 bits per heavy atom. The van der Waals surface area contributed by atoms with Crippen LogP contribution < -0.4 is 15.0 Å². The van der Waals surface area contributed by atoms with Crippen molar-refractivity contribution in [3.05, 3.63) is 36.0 Å². The average molecular weight is 284 g/mol. The van der Waals surface area contributed by atoms with E-state index in [1.54, 1.807) is 0 Å². The molecule has 1 aliphatic rings. The lowest BCUT2D eigenvalue weighted by molar-refractivity contribution is 0.322. The number of rotatable bonds is 3. The zero-order valence-electron chi connectivity index (χ0n) is 12.5. The molecule has 21 heavy (non-hydrogen) atoms. The van der Waals surface area contributed by atoms with Crippen LogP contribution >= 0.6 is 0 Å². The lowest BCUT2D eigenvalue weighted by Crippen LogP contribution is -2.20. The van der Waals surface area contributed by atoms with E-state index in [4.69, 9.17) is 4.74 Å². The number of nitrogens with one attached hydrogen (secondary N) is 1. The van der Waals surface area contributed by atoms with Gasteiger partial charge in [-0.2, -0.15) is 4.98 Å². The first-order valence-corrected chi connectivity index (χ1v) is 7.37. The highest BCUT2D eigenvalue weighted by atomic mass is 16.5. The van der Waals surface area contributed by atoms with Gasteiger partial charge in [-0.05, 0) is 32.4 Å². The molecule has 1 aromatic carbocycles. The summed E-state index contributed by atoms with van der Waals surface area (Å²) >= 11 is 0. The van der Waals surface area contributed by atoms with Crippen LogP contribution in [-0.2, 0) is 0 Å². The lowest BCUT2D eigenvalue weighted by atomic mass is 10.2. The van der Waals surface area contributed by atoms with Crippen LogP contribution in [0.4, 0.5) is 17.5 Å². The predicted molar refractivity (Wildman–Crippen MR) is 84.5 cm³/mol. The minimum Gasteiger partial charge on any atom is -0.491 e. The van der Waals surface area contributed by atoms with Gasteiger partial charge in [-0.3, -0.25) is 0 Å². The summed E-state index contributed by atoms with van der Waals surface area (Å²) in [6.45, 7) is 6.46. The predicted octanol–water partition coefficient (Wildman–Crippen LogP) is 3.14. The van der Waals surface area contributed by atoms with Crippen LogP contribution in [0.1, 0.15) is 19.0 Å². The molecule has 0 saturated carbocycles. The van der Waals surface area contributed by atoms with Gasteiger partial charge in [0.15, 0.2) is 0 Å². The largest absolute Gasteiger partial charge is 0.491 e. The number of benzene rings is 1. The van der Waals surface area contributed by atoms with Crippen molar-refractivity contribution in [3.63, 3.8) is 0 Å². The van der Waals surface area contributed by atoms with E-state index in [1.165, 1.54) is 0 Å². The Morgan fingerprint density at radius 1 is 1.29 bits per heavy atom. The second-order valence-corrected chi connectivity index (χ2v) is 5.04. The molecule has 1 aromatic heterocycles. The zero-order chi connectivity index (χ0) is 14.7. The molecule has 110 valence electrons. The Morgan fingerprint density at radius 2 is 2.14 bits per heavy atom. The van der Waals surface area contributed by atoms with E-state index in [1.807, 2.05) is 38.1 Å². The van der Waals surface area contributed by atoms with Gasteiger partial charge in [-0.25, -0.2) is 4.98 Å². The van der Waals surface area contributed by atoms with E-state index < -0.39 is 0 Å². The number of ether oxygens (including phenoxy) is 1. The Labute approximate surface area is 125 Å². The maximum atomic E-state index is 5.81. The number of aromatic nitrogens is 2. The molecule has 0 fully saturated rings. The molecule has 1 N–H and O–H groups in total. The fourth-order valence-corrected chi connectivity index (χ4v) is 2.49. The summed E-state index contributed by atoms with van der Waals surface area (Å²) in [5, 5.41) is 3.19. The van der Waals surface area contributed by atoms with Crippen LogP contribution in [0.3, 0.4) is 0 Å². The first kappa shape index (κ1) is 13.7. The molecule has 5 nitrogen and oxygen atoms in total. The van der Waals surface area contributed by atoms with Gasteiger partial charge in [-0.1, -0.05) is 12.1 Å². The van der Waals surface area contributed by atoms with Crippen molar-refractivity contribution in [2.75, 3.05) is 29.9 Å². The van der Waals surface area contributed by atoms with Gasteiger partial charge in [0.1, 0.15) is 11.6 Å². The first-order chi connectivity index (χ1) is 10.3. The number of para-hydroxylation sites is 2. The smallest absolute Gasteiger partial charge is 0.224 e. The second-order valence-electron chi connectivity index (χ2n) is 5.04. The molecule has 2 aromatic rings. The van der Waals surface area contributed by atoms with Gasteiger partial charge in [0.2, 0.25) is 5.95 Å². The number of nitrogens with zero attached hydrogens (tertiary/aromatic N) is 3. The maximum Gasteiger partial charge on any atom is 0.224 e. The summed E-state index contributed by atoms with van der Waals surface area (Å²) < 4.78 is 5.81. The van der Waals surface area contributed by atoms with E-state index in [2.05, 4.69) is 26.3 Å². The minimum atomic E-state index is 0.676. The van der Waals surface area contributed by atoms with Gasteiger partial charge in [0.05, 0.1) is 12.3 Å². The minimum absolute atomic E-state index is 0.676. The molecule has 0 atom stereocenters. The zero-order valence-corrected chi connectivity index (χ0v) is 12.5. The summed E-state index contributed by atoms with van der Waals surface area (Å²) in [5.41, 5.74) is 2.02. The average Bonchev–Trinajstić information content (AvgIpc) is 2.69. The number of hydrogen-bond donors (Lipinski definition) is 1. The third-order valence-electron chi connectivity index (χ3n) is 3.39. The van der Waals surface area contributed by atoms with Gasteiger partial charge >= 0.3 is 0 Å². The maximum absolute atomic E-state index is 5.81. The van der Waals surface area contributed by atoms with Crippen LogP contribution in [0, 0.1) is 6.92 Å². The molecule has 0 unspecified atom stereocenters. The Kier molecular flexibility index (Phi) is 3.90. The lowest BCUT2D eigenvalue weighted by Gasteiger charge is -2.23. The summed E-state index contributed by atoms with van der Waals surface area (Å²) in [6, 6.07) is 10.1. The molecule has 0 amide bonds. The molecule has 0 aliphatic carbocycles. The van der Waals surface area contributed by atoms with Crippen molar-refractivity contribution in [2.24, 2.45) is 0 Å². The van der Waals surface area contributed by atoms with Crippen molar-refractivity contribution in [1.82, 2.24) is 9.97 Å². The van der Waals surface area contributed by atoms with E-state index in [0.717, 1.165) is 49.1 Å². The van der Waals surface area contributed by atoms with Crippen molar-refractivity contribution in [1.29, 1.82) is 0 Å². The number of aryl methyl sites for hydroxylation is 1. The number of hydrogen-bond acceptors (Lipinski definition) is 5. The topological polar surface area (TPSA) is 50.3 Å². The monoisotopic (exact) mass is 284 g/mol. The summed E-state index contributed by atoms with van der Waals surface area (Å²) in [4.78, 5) is 11.3. The summed E-state index contributed by atoms with van der Waals surface area (Å²) in [6.07, 6.45) is 0.967. The Balaban J connectivity index is 2.03. The molecule has 0 bridgehead atoms. The molecule has 3 rings (SSSR count). The van der Waals surface area contributed by atoms with E-state index in [-0.39, 0.29) is 0 Å². The van der Waals surface area contributed by atoms with Crippen LogP contribution in [0.15, 0.2) is 30.3 Å². The fraction of sp³-hybridized carbons (Fsp3) is 0.375. The molecule has 2 heterocycles. The fourth-order valence-electron chi connectivity index (χ4n) is 2.49. The third-order valence-corrected chi connectivity index (χ3v) is 3.39. The molecule has 5 heteroatoms. The Bertz CT molecular complexity index is 629. The quantitative estimate of drug-likeness (QED) is 0.938. The number of fused-ring (bicyclic) bond motifs is 1. The van der Waals surface area contributed by atoms with Gasteiger partial charge in [-0.15, -0.1) is 0 Å². The van der Waals surface area contributed by atoms with E-state index in [9.17, 15) is 0 Å². The standard InChI is InChI=1S/C16H20N4O/c1-3-17-16-18-12(2)11-15(19-16)20-9-6-10-21-14-8-5-4-7-13(14)20/h4-5,7-8,11H,3,6,9-10H2,1-2H3,(H,17,18,19). The molecular formula is C16H20N4O. The Hall–Kier alpha value is -2.30. The second kappa shape index (κ2) is 5.99. The highest BCUT2D eigenvalue weighted by Crippen LogP contribution is 2.35. The van der Waals surface area contributed by atoms with Crippen LogP contribution in [-0.4, -0.2) is 29.7 Å². The summed E-state index contributed by atoms with van der Waals surface area (Å²) in [5.74, 6) is 2.50. The molecular weight excluding hydrogens is 264 g/mol. The van der Waals surface area contributed by atoms with Crippen LogP contribution in [0.5, 0.6) is 5.75 Å². The van der Waals surface area contributed by atoms with Crippen molar-refractivity contribution < 1.29 is 4.74 Å². The first-order valence-electron chi connectivity index (χ1n) is 7.37. The van der Waals surface area contributed by atoms with Gasteiger partial charge in [0, 0.05) is 24.8 Å². The summed E-state index contributed by atoms with van der Waals surface area (Å²) in [7, 11) is 0. The highest BCUT2D eigenvalue weighted by molar-refractivity contribution is 5.68. The van der Waals surface area contributed by atoms with Gasteiger partial charge in [0.25, 0.3) is 0 Å². The van der Waals surface area contributed by atoms with Gasteiger partial charge < -0.3 is 15.0 Å². The van der Waals surface area contributed by atoms with Crippen molar-refractivity contribution in [2.45, 2.75) is 20.3 Å². The van der Waals surface area contributed by atoms with E-state index in [0.29, 0.717) is 5.95 Å². The van der Waals surface area contributed by atoms with Crippen molar-refractivity contribution in [3.8, 4) is 5.75 Å².